The number of ether oxygens (including phenoxy) is 1. The molecule has 10 heteroatoms. The molecule has 44 heavy (non-hydrogen) atoms. The summed E-state index contributed by atoms with van der Waals surface area (Å²) in [4.78, 5) is 41.8. The van der Waals surface area contributed by atoms with Crippen molar-refractivity contribution < 1.29 is 23.5 Å². The maximum Gasteiger partial charge on any atom is 0.273 e. The van der Waals surface area contributed by atoms with E-state index in [1.807, 2.05) is 56.3 Å². The normalized spacial score (nSPS) is 15.1. The summed E-state index contributed by atoms with van der Waals surface area (Å²) >= 11 is 3.70. The molecule has 0 aliphatic carbocycles. The fourth-order valence-corrected chi connectivity index (χ4v) is 6.09. The number of rotatable bonds is 8. The van der Waals surface area contributed by atoms with E-state index in [4.69, 9.17) is 14.9 Å². The lowest BCUT2D eigenvalue weighted by atomic mass is 10.0. The second-order valence-corrected chi connectivity index (χ2v) is 12.6. The third-order valence-corrected chi connectivity index (χ3v) is 8.71. The zero-order valence-electron chi connectivity index (χ0n) is 25.6. The first-order valence-corrected chi connectivity index (χ1v) is 15.4. The average Bonchev–Trinajstić information content (AvgIpc) is 3.36. The van der Waals surface area contributed by atoms with E-state index in [0.29, 0.717) is 46.7 Å². The number of nitrogens with zero attached hydrogens (tertiary/aromatic N) is 2. The van der Waals surface area contributed by atoms with Crippen molar-refractivity contribution in [1.82, 2.24) is 10.3 Å². The van der Waals surface area contributed by atoms with Gasteiger partial charge in [-0.3, -0.25) is 14.4 Å². The number of amides is 3. The van der Waals surface area contributed by atoms with Gasteiger partial charge in [0.1, 0.15) is 23.1 Å². The Hall–Kier alpha value is -4.15. The van der Waals surface area contributed by atoms with Crippen molar-refractivity contribution in [2.45, 2.75) is 58.5 Å². The molecule has 0 radical (unpaired) electrons. The van der Waals surface area contributed by atoms with E-state index in [0.717, 1.165) is 21.0 Å². The number of nitrogens with one attached hydrogen (secondary N) is 1. The lowest BCUT2D eigenvalue weighted by Gasteiger charge is -2.36. The van der Waals surface area contributed by atoms with Crippen LogP contribution in [0.25, 0.3) is 22.3 Å². The Kier molecular flexibility index (Phi) is 8.85. The topological polar surface area (TPSA) is 118 Å². The molecule has 4 aromatic rings. The lowest BCUT2D eigenvalue weighted by Crippen LogP contribution is -2.57. The number of para-hydroxylation sites is 1. The predicted molar refractivity (Wildman–Crippen MR) is 174 cm³/mol. The second-order valence-electron chi connectivity index (χ2n) is 11.8. The highest BCUT2D eigenvalue weighted by Gasteiger charge is 2.38. The molecule has 1 aliphatic heterocycles. The number of nitrogens with two attached hydrogens (primary N) is 1. The summed E-state index contributed by atoms with van der Waals surface area (Å²) in [5.41, 5.74) is 9.30. The van der Waals surface area contributed by atoms with Gasteiger partial charge in [0.25, 0.3) is 11.8 Å². The Morgan fingerprint density at radius 2 is 1.91 bits per heavy atom. The SMILES string of the molecule is CCN(C(=O)c1ccc(C)c(Br)c1-c1cc2ccccc2o1)N1C(=O)C(NC(=O)CC(C)(C)N)CCc2cc(OC)ccc21. The zero-order valence-corrected chi connectivity index (χ0v) is 27.2. The smallest absolute Gasteiger partial charge is 0.273 e. The van der Waals surface area contributed by atoms with Crippen LogP contribution in [0.1, 0.15) is 55.1 Å². The zero-order chi connectivity index (χ0) is 31.8. The van der Waals surface area contributed by atoms with Gasteiger partial charge in [0.15, 0.2) is 0 Å². The van der Waals surface area contributed by atoms with E-state index < -0.39 is 23.4 Å². The molecule has 5 rings (SSSR count). The molecule has 3 N–H and O–H groups in total. The number of carbonyl (C=O) groups excluding carboxylic acids is 3. The number of furan rings is 1. The third kappa shape index (κ3) is 6.23. The molecule has 0 saturated carbocycles. The second kappa shape index (κ2) is 12.5. The molecule has 3 amide bonds. The lowest BCUT2D eigenvalue weighted by molar-refractivity contribution is -0.129. The van der Waals surface area contributed by atoms with E-state index in [2.05, 4.69) is 21.2 Å². The van der Waals surface area contributed by atoms with Crippen molar-refractivity contribution in [2.24, 2.45) is 5.73 Å². The van der Waals surface area contributed by atoms with Crippen molar-refractivity contribution in [3.8, 4) is 17.1 Å². The van der Waals surface area contributed by atoms with E-state index in [9.17, 15) is 14.4 Å². The number of halogens is 1. The summed E-state index contributed by atoms with van der Waals surface area (Å²) < 4.78 is 12.4. The van der Waals surface area contributed by atoms with Gasteiger partial charge in [0, 0.05) is 33.9 Å². The van der Waals surface area contributed by atoms with Crippen molar-refractivity contribution in [2.75, 3.05) is 18.7 Å². The molecule has 0 spiro atoms. The molecular weight excluding hydrogens is 624 g/mol. The standard InChI is InChI=1S/C34H37BrN4O5/c1-6-38(32(41)24-14-11-20(2)31(35)30(24)28-18-22-9-7-8-10-27(22)44-28)39-26-16-13-23(43-5)17-21(26)12-15-25(33(39)42)37-29(40)19-34(3,4)36/h7-11,13-14,16-18,25H,6,12,15,19,36H2,1-5H3,(H,37,40). The summed E-state index contributed by atoms with van der Waals surface area (Å²) in [6, 6.07) is 17.7. The van der Waals surface area contributed by atoms with Crippen LogP contribution >= 0.6 is 15.9 Å². The molecule has 0 saturated heterocycles. The first-order chi connectivity index (χ1) is 20.9. The number of hydrogen-bond donors (Lipinski definition) is 2. The Morgan fingerprint density at radius 3 is 2.59 bits per heavy atom. The quantitative estimate of drug-likeness (QED) is 0.234. The van der Waals surface area contributed by atoms with Crippen LogP contribution in [-0.4, -0.2) is 48.0 Å². The molecule has 1 unspecified atom stereocenters. The van der Waals surface area contributed by atoms with Crippen LogP contribution in [0, 0.1) is 6.92 Å². The third-order valence-electron chi connectivity index (χ3n) is 7.69. The Morgan fingerprint density at radius 1 is 1.16 bits per heavy atom. The fraction of sp³-hybridized carbons (Fsp3) is 0.324. The molecule has 1 atom stereocenters. The van der Waals surface area contributed by atoms with E-state index in [-0.39, 0.29) is 18.9 Å². The fourth-order valence-electron chi connectivity index (χ4n) is 5.55. The molecule has 2 heterocycles. The van der Waals surface area contributed by atoms with E-state index in [1.165, 1.54) is 10.0 Å². The van der Waals surface area contributed by atoms with Crippen LogP contribution in [0.4, 0.5) is 5.69 Å². The Balaban J connectivity index is 1.60. The van der Waals surface area contributed by atoms with Gasteiger partial charge in [-0.25, -0.2) is 10.0 Å². The van der Waals surface area contributed by atoms with Gasteiger partial charge in [-0.1, -0.05) is 24.3 Å². The number of hydrazine groups is 1. The highest BCUT2D eigenvalue weighted by atomic mass is 79.9. The van der Waals surface area contributed by atoms with Gasteiger partial charge in [-0.05, 0) is 104 Å². The summed E-state index contributed by atoms with van der Waals surface area (Å²) in [6.07, 6.45) is 0.877. The van der Waals surface area contributed by atoms with Gasteiger partial charge >= 0.3 is 0 Å². The molecule has 230 valence electrons. The Labute approximate surface area is 265 Å². The summed E-state index contributed by atoms with van der Waals surface area (Å²) in [6.45, 7) is 7.45. The molecule has 3 aromatic carbocycles. The van der Waals surface area contributed by atoms with Gasteiger partial charge in [0.2, 0.25) is 5.91 Å². The monoisotopic (exact) mass is 660 g/mol. The number of methoxy groups -OCH3 is 1. The van der Waals surface area contributed by atoms with Crippen molar-refractivity contribution in [3.63, 3.8) is 0 Å². The van der Waals surface area contributed by atoms with Crippen LogP contribution in [0.2, 0.25) is 0 Å². The summed E-state index contributed by atoms with van der Waals surface area (Å²) in [5, 5.41) is 6.62. The van der Waals surface area contributed by atoms with Gasteiger partial charge in [-0.15, -0.1) is 0 Å². The summed E-state index contributed by atoms with van der Waals surface area (Å²) in [7, 11) is 1.58. The van der Waals surface area contributed by atoms with Crippen LogP contribution in [-0.2, 0) is 16.0 Å². The molecule has 0 bridgehead atoms. The molecule has 9 nitrogen and oxygen atoms in total. The van der Waals surface area contributed by atoms with Crippen molar-refractivity contribution in [1.29, 1.82) is 0 Å². The minimum Gasteiger partial charge on any atom is -0.497 e. The molecular formula is C34H37BrN4O5. The van der Waals surface area contributed by atoms with Gasteiger partial charge in [-0.2, -0.15) is 0 Å². The largest absolute Gasteiger partial charge is 0.497 e. The van der Waals surface area contributed by atoms with Crippen LogP contribution in [0.15, 0.2) is 69.6 Å². The molecule has 1 aliphatic rings. The highest BCUT2D eigenvalue weighted by molar-refractivity contribution is 9.10. The Bertz CT molecular complexity index is 1710. The maximum absolute atomic E-state index is 14.6. The highest BCUT2D eigenvalue weighted by Crippen LogP contribution is 2.39. The predicted octanol–water partition coefficient (Wildman–Crippen LogP) is 6.15. The van der Waals surface area contributed by atoms with Gasteiger partial charge in [0.05, 0.1) is 18.4 Å². The van der Waals surface area contributed by atoms with E-state index in [1.54, 1.807) is 39.2 Å². The maximum atomic E-state index is 14.6. The number of hydrogen-bond acceptors (Lipinski definition) is 6. The number of aryl methyl sites for hydroxylation is 2. The van der Waals surface area contributed by atoms with Gasteiger partial charge < -0.3 is 20.2 Å². The first-order valence-electron chi connectivity index (χ1n) is 14.6. The van der Waals surface area contributed by atoms with E-state index >= 15 is 0 Å². The van der Waals surface area contributed by atoms with Crippen LogP contribution < -0.4 is 20.8 Å². The summed E-state index contributed by atoms with van der Waals surface area (Å²) in [5.74, 6) is 0.0246. The average molecular weight is 662 g/mol. The minimum absolute atomic E-state index is 0.0478. The van der Waals surface area contributed by atoms with Crippen molar-refractivity contribution in [3.05, 3.63) is 81.8 Å². The van der Waals surface area contributed by atoms with Crippen molar-refractivity contribution >= 4 is 50.3 Å². The number of benzene rings is 3. The van der Waals surface area contributed by atoms with Crippen LogP contribution in [0.3, 0.4) is 0 Å². The first kappa shape index (κ1) is 31.3. The minimum atomic E-state index is -0.871. The number of fused-ring (bicyclic) bond motifs is 2. The number of anilines is 1. The molecule has 1 aromatic heterocycles. The molecule has 0 fully saturated rings. The van der Waals surface area contributed by atoms with Crippen LogP contribution in [0.5, 0.6) is 5.75 Å². The number of carbonyl (C=O) groups is 3.